The summed E-state index contributed by atoms with van der Waals surface area (Å²) >= 11 is 3.12. The average molecular weight is 197 g/mol. The SMILES string of the molecule is COC(Br)CCC(=O)O. The number of methoxy groups -OCH3 is 1. The van der Waals surface area contributed by atoms with Crippen LogP contribution < -0.4 is 0 Å². The Morgan fingerprint density at radius 3 is 2.78 bits per heavy atom. The molecule has 0 aliphatic rings. The molecule has 0 aliphatic carbocycles. The number of rotatable bonds is 4. The summed E-state index contributed by atoms with van der Waals surface area (Å²) in [5.41, 5.74) is 0. The number of aliphatic carboxylic acids is 1. The van der Waals surface area contributed by atoms with Gasteiger partial charge in [0.2, 0.25) is 0 Å². The third-order valence-electron chi connectivity index (χ3n) is 0.841. The molecule has 9 heavy (non-hydrogen) atoms. The predicted molar refractivity (Wildman–Crippen MR) is 36.6 cm³/mol. The van der Waals surface area contributed by atoms with Gasteiger partial charge in [-0.1, -0.05) is 15.9 Å². The van der Waals surface area contributed by atoms with E-state index in [2.05, 4.69) is 15.9 Å². The summed E-state index contributed by atoms with van der Waals surface area (Å²) in [6.07, 6.45) is 0.648. The monoisotopic (exact) mass is 196 g/mol. The lowest BCUT2D eigenvalue weighted by atomic mass is 10.3. The van der Waals surface area contributed by atoms with Crippen LogP contribution in [0.4, 0.5) is 0 Å². The number of hydrogen-bond donors (Lipinski definition) is 1. The summed E-state index contributed by atoms with van der Waals surface area (Å²) in [6.45, 7) is 0. The van der Waals surface area contributed by atoms with Crippen LogP contribution in [0, 0.1) is 0 Å². The molecule has 4 heteroatoms. The highest BCUT2D eigenvalue weighted by Gasteiger charge is 2.03. The molecule has 0 bridgehead atoms. The van der Waals surface area contributed by atoms with Crippen LogP contribution >= 0.6 is 15.9 Å². The molecule has 0 aliphatic heterocycles. The summed E-state index contributed by atoms with van der Waals surface area (Å²) in [5, 5.41) is 8.05. The van der Waals surface area contributed by atoms with Gasteiger partial charge < -0.3 is 9.84 Å². The fourth-order valence-corrected chi connectivity index (χ4v) is 0.584. The van der Waals surface area contributed by atoms with Crippen LogP contribution in [-0.2, 0) is 9.53 Å². The molecule has 1 N–H and O–H groups in total. The highest BCUT2D eigenvalue weighted by atomic mass is 79.9. The van der Waals surface area contributed by atoms with Crippen LogP contribution in [0.25, 0.3) is 0 Å². The van der Waals surface area contributed by atoms with Crippen LogP contribution in [0.3, 0.4) is 0 Å². The highest BCUT2D eigenvalue weighted by Crippen LogP contribution is 2.07. The standard InChI is InChI=1S/C5H9BrO3/c1-9-4(6)2-3-5(7)8/h4H,2-3H2,1H3,(H,7,8). The molecule has 1 atom stereocenters. The van der Waals surface area contributed by atoms with Gasteiger partial charge in [-0.3, -0.25) is 4.79 Å². The minimum Gasteiger partial charge on any atom is -0.481 e. The Morgan fingerprint density at radius 1 is 1.89 bits per heavy atom. The van der Waals surface area contributed by atoms with E-state index in [1.807, 2.05) is 0 Å². The maximum absolute atomic E-state index is 9.94. The zero-order chi connectivity index (χ0) is 7.28. The summed E-state index contributed by atoms with van der Waals surface area (Å²) in [6, 6.07) is 0. The van der Waals surface area contributed by atoms with Crippen molar-refractivity contribution >= 4 is 21.9 Å². The fourth-order valence-electron chi connectivity index (χ4n) is 0.355. The first kappa shape index (κ1) is 8.91. The largest absolute Gasteiger partial charge is 0.481 e. The van der Waals surface area contributed by atoms with Gasteiger partial charge in [0, 0.05) is 13.5 Å². The number of carboxylic acid groups (broad SMARTS) is 1. The minimum atomic E-state index is -0.795. The van der Waals surface area contributed by atoms with E-state index in [0.717, 1.165) is 0 Å². The van der Waals surface area contributed by atoms with E-state index in [-0.39, 0.29) is 11.4 Å². The maximum atomic E-state index is 9.94. The third-order valence-corrected chi connectivity index (χ3v) is 1.67. The van der Waals surface area contributed by atoms with Gasteiger partial charge in [0.15, 0.2) is 0 Å². The van der Waals surface area contributed by atoms with Crippen LogP contribution in [0.15, 0.2) is 0 Å². The topological polar surface area (TPSA) is 46.5 Å². The van der Waals surface area contributed by atoms with Crippen LogP contribution in [0.1, 0.15) is 12.8 Å². The lowest BCUT2D eigenvalue weighted by molar-refractivity contribution is -0.137. The van der Waals surface area contributed by atoms with Gasteiger partial charge in [-0.25, -0.2) is 0 Å². The molecule has 0 amide bonds. The summed E-state index contributed by atoms with van der Waals surface area (Å²) < 4.78 is 4.75. The summed E-state index contributed by atoms with van der Waals surface area (Å²) in [5.74, 6) is -0.795. The molecule has 0 aromatic rings. The second-order valence-corrected chi connectivity index (χ2v) is 2.60. The zero-order valence-electron chi connectivity index (χ0n) is 5.13. The number of hydrogen-bond acceptors (Lipinski definition) is 2. The van der Waals surface area contributed by atoms with Crippen molar-refractivity contribution in [3.05, 3.63) is 0 Å². The van der Waals surface area contributed by atoms with Gasteiger partial charge >= 0.3 is 5.97 Å². The Balaban J connectivity index is 3.16. The summed E-state index contributed by atoms with van der Waals surface area (Å²) in [4.78, 5) is 9.94. The van der Waals surface area contributed by atoms with Crippen LogP contribution in [0.5, 0.6) is 0 Å². The molecule has 0 fully saturated rings. The minimum absolute atomic E-state index is 0.131. The third kappa shape index (κ3) is 5.79. The lowest BCUT2D eigenvalue weighted by Gasteiger charge is -2.03. The van der Waals surface area contributed by atoms with Crippen molar-refractivity contribution in [1.82, 2.24) is 0 Å². The van der Waals surface area contributed by atoms with E-state index in [9.17, 15) is 4.79 Å². The van der Waals surface area contributed by atoms with Crippen molar-refractivity contribution in [2.45, 2.75) is 17.9 Å². The number of halogens is 1. The molecule has 3 nitrogen and oxygen atoms in total. The average Bonchev–Trinajstić information content (AvgIpc) is 1.83. The normalized spacial score (nSPS) is 13.1. The Hall–Kier alpha value is -0.0900. The second kappa shape index (κ2) is 4.76. The van der Waals surface area contributed by atoms with E-state index in [0.29, 0.717) is 6.42 Å². The van der Waals surface area contributed by atoms with Crippen molar-refractivity contribution in [3.8, 4) is 0 Å². The van der Waals surface area contributed by atoms with E-state index in [1.54, 1.807) is 0 Å². The maximum Gasteiger partial charge on any atom is 0.303 e. The van der Waals surface area contributed by atoms with Crippen LogP contribution in [-0.4, -0.2) is 23.2 Å². The molecular formula is C5H9BrO3. The number of ether oxygens (including phenoxy) is 1. The first-order valence-corrected chi connectivity index (χ1v) is 3.47. The Morgan fingerprint density at radius 2 is 2.44 bits per heavy atom. The second-order valence-electron chi connectivity index (χ2n) is 1.58. The van der Waals surface area contributed by atoms with Gasteiger partial charge in [-0.05, 0) is 6.42 Å². The van der Waals surface area contributed by atoms with Gasteiger partial charge in [-0.2, -0.15) is 0 Å². The molecular weight excluding hydrogens is 188 g/mol. The van der Waals surface area contributed by atoms with Crippen molar-refractivity contribution in [3.63, 3.8) is 0 Å². The van der Waals surface area contributed by atoms with Gasteiger partial charge in [-0.15, -0.1) is 0 Å². The first-order valence-electron chi connectivity index (χ1n) is 2.55. The zero-order valence-corrected chi connectivity index (χ0v) is 6.72. The Labute approximate surface area is 62.1 Å². The fraction of sp³-hybridized carbons (Fsp3) is 0.800. The molecule has 0 spiro atoms. The van der Waals surface area contributed by atoms with Gasteiger partial charge in [0.25, 0.3) is 0 Å². The number of carbonyl (C=O) groups is 1. The Kier molecular flexibility index (Phi) is 4.71. The lowest BCUT2D eigenvalue weighted by Crippen LogP contribution is -2.04. The molecule has 1 unspecified atom stereocenters. The number of alkyl halides is 1. The van der Waals surface area contributed by atoms with E-state index in [1.165, 1.54) is 7.11 Å². The molecule has 0 heterocycles. The van der Waals surface area contributed by atoms with Crippen molar-refractivity contribution in [2.75, 3.05) is 7.11 Å². The van der Waals surface area contributed by atoms with E-state index >= 15 is 0 Å². The highest BCUT2D eigenvalue weighted by molar-refractivity contribution is 9.09. The number of carboxylic acids is 1. The molecule has 0 saturated carbocycles. The van der Waals surface area contributed by atoms with E-state index < -0.39 is 5.97 Å². The first-order chi connectivity index (χ1) is 4.16. The predicted octanol–water partition coefficient (Wildman–Crippen LogP) is 1.22. The summed E-state index contributed by atoms with van der Waals surface area (Å²) in [7, 11) is 1.53. The van der Waals surface area contributed by atoms with Gasteiger partial charge in [0.1, 0.15) is 5.01 Å². The smallest absolute Gasteiger partial charge is 0.303 e. The molecule has 0 saturated heterocycles. The van der Waals surface area contributed by atoms with Crippen molar-refractivity contribution in [2.24, 2.45) is 0 Å². The molecule has 0 radical (unpaired) electrons. The molecule has 54 valence electrons. The molecule has 0 aromatic carbocycles. The van der Waals surface area contributed by atoms with E-state index in [4.69, 9.17) is 9.84 Å². The Bertz CT molecular complexity index is 94.2. The quantitative estimate of drug-likeness (QED) is 0.689. The molecule has 0 rings (SSSR count). The van der Waals surface area contributed by atoms with Crippen LogP contribution in [0.2, 0.25) is 0 Å². The molecule has 0 aromatic heterocycles. The van der Waals surface area contributed by atoms with Gasteiger partial charge in [0.05, 0.1) is 0 Å². The van der Waals surface area contributed by atoms with Crippen molar-refractivity contribution < 1.29 is 14.6 Å². The van der Waals surface area contributed by atoms with Crippen molar-refractivity contribution in [1.29, 1.82) is 0 Å².